The van der Waals surface area contributed by atoms with Crippen LogP contribution in [0.15, 0.2) is 47.1 Å². The number of fused-ring (bicyclic) bond motifs is 1. The Balaban J connectivity index is 1.41. The van der Waals surface area contributed by atoms with Crippen LogP contribution < -0.4 is 10.3 Å². The topological polar surface area (TPSA) is 95.3 Å². The molecular formula is C28H34FN7O3S. The molecule has 212 valence electrons. The number of piperazine rings is 1. The molecule has 4 heterocycles. The lowest BCUT2D eigenvalue weighted by Crippen LogP contribution is -2.53. The fraction of sp³-hybridized carbons (Fsp3) is 0.429. The maximum Gasteiger partial charge on any atom is 0.410 e. The number of nitrogens with zero attached hydrogens (tertiary/aromatic N) is 6. The Hall–Kier alpha value is -3.64. The molecule has 1 saturated heterocycles. The van der Waals surface area contributed by atoms with Crippen molar-refractivity contribution in [3.8, 4) is 11.3 Å². The van der Waals surface area contributed by atoms with Crippen LogP contribution in [0.5, 0.6) is 0 Å². The van der Waals surface area contributed by atoms with Crippen LogP contribution in [0.2, 0.25) is 0 Å². The lowest BCUT2D eigenvalue weighted by molar-refractivity contribution is -0.121. The molecule has 10 nitrogen and oxygen atoms in total. The predicted octanol–water partition coefficient (Wildman–Crippen LogP) is 5.12. The quantitative estimate of drug-likeness (QED) is 0.536. The summed E-state index contributed by atoms with van der Waals surface area (Å²) < 4.78 is 21.0. The Morgan fingerprint density at radius 2 is 1.90 bits per heavy atom. The van der Waals surface area contributed by atoms with Crippen LogP contribution in [0.25, 0.3) is 16.8 Å². The van der Waals surface area contributed by atoms with E-state index in [9.17, 15) is 13.5 Å². The molecule has 3 aliphatic rings. The largest absolute Gasteiger partial charge is 0.444 e. The fourth-order valence-electron chi connectivity index (χ4n) is 5.08. The third-order valence-electron chi connectivity index (χ3n) is 6.82. The molecule has 5 rings (SSSR count). The number of carbonyl (C=O) groups is 2. The molecule has 0 radical (unpaired) electrons. The number of nitrogens with one attached hydrogen (secondary N) is 1. The molecule has 0 bridgehead atoms. The van der Waals surface area contributed by atoms with Gasteiger partial charge in [0.25, 0.3) is 0 Å². The van der Waals surface area contributed by atoms with Gasteiger partial charge in [-0.15, -0.1) is 3.89 Å². The zero-order chi connectivity index (χ0) is 28.8. The van der Waals surface area contributed by atoms with Gasteiger partial charge in [0.15, 0.2) is 12.3 Å². The van der Waals surface area contributed by atoms with Crippen molar-refractivity contribution in [2.75, 3.05) is 31.2 Å². The van der Waals surface area contributed by atoms with Crippen LogP contribution in [0, 0.1) is 0 Å². The molecule has 0 spiro atoms. The minimum atomic E-state index is -0.625. The summed E-state index contributed by atoms with van der Waals surface area (Å²) in [7, 11) is 0. The van der Waals surface area contributed by atoms with Gasteiger partial charge < -0.3 is 9.64 Å². The highest BCUT2D eigenvalue weighted by Gasteiger charge is 2.32. The van der Waals surface area contributed by atoms with Crippen molar-refractivity contribution in [3.05, 3.63) is 53.4 Å². The van der Waals surface area contributed by atoms with E-state index < -0.39 is 11.7 Å². The minimum Gasteiger partial charge on any atom is -0.444 e. The van der Waals surface area contributed by atoms with Crippen molar-refractivity contribution >= 4 is 41.4 Å². The lowest BCUT2D eigenvalue weighted by Gasteiger charge is -2.35. The highest BCUT2D eigenvalue weighted by Crippen LogP contribution is 2.39. The van der Waals surface area contributed by atoms with Crippen molar-refractivity contribution < 1.29 is 18.2 Å². The number of amidine groups is 1. The fourth-order valence-corrected chi connectivity index (χ4v) is 5.46. The molecular weight excluding hydrogens is 533 g/mol. The molecule has 2 aromatic rings. The Bertz CT molecular complexity index is 1420. The average Bonchev–Trinajstić information content (AvgIpc) is 3.53. The standard InChI is InChI=1S/C28H34FN7O3S/c1-17(2)23-24(32-36(40-29)25(23)20-13-18(3)26-30-16-31-35(26)14-20)19-7-9-21(10-8-19)34-12-11-33(15-22(34)37)27(38)39-28(4,5)6/h7-10,13-14,17,31H,11-12,15-16H2,1-6H3. The highest BCUT2D eigenvalue weighted by atomic mass is 32.2. The second-order valence-corrected chi connectivity index (χ2v) is 11.8. The van der Waals surface area contributed by atoms with E-state index in [1.165, 1.54) is 8.99 Å². The highest BCUT2D eigenvalue weighted by molar-refractivity contribution is 7.92. The van der Waals surface area contributed by atoms with E-state index >= 15 is 0 Å². The van der Waals surface area contributed by atoms with E-state index in [2.05, 4.69) is 29.4 Å². The van der Waals surface area contributed by atoms with Crippen LogP contribution in [0.4, 0.5) is 14.4 Å². The second-order valence-electron chi connectivity index (χ2n) is 11.3. The Kier molecular flexibility index (Phi) is 7.49. The third kappa shape index (κ3) is 5.37. The molecule has 1 fully saturated rings. The first-order valence-electron chi connectivity index (χ1n) is 13.3. The van der Waals surface area contributed by atoms with Crippen LogP contribution in [-0.2, 0) is 9.53 Å². The smallest absolute Gasteiger partial charge is 0.410 e. The summed E-state index contributed by atoms with van der Waals surface area (Å²) in [4.78, 5) is 32.9. The molecule has 1 aromatic carbocycles. The first kappa shape index (κ1) is 27.9. The molecule has 0 aliphatic carbocycles. The van der Waals surface area contributed by atoms with E-state index in [1.807, 2.05) is 48.5 Å². The Morgan fingerprint density at radius 3 is 2.52 bits per heavy atom. The normalized spacial score (nSPS) is 17.6. The van der Waals surface area contributed by atoms with Gasteiger partial charge in [0.1, 0.15) is 24.7 Å². The molecule has 0 saturated carbocycles. The number of rotatable bonds is 5. The number of hydrazine groups is 1. The zero-order valence-corrected chi connectivity index (χ0v) is 24.4. The number of amides is 2. The van der Waals surface area contributed by atoms with E-state index in [0.29, 0.717) is 31.1 Å². The molecule has 3 aliphatic heterocycles. The van der Waals surface area contributed by atoms with Crippen molar-refractivity contribution in [1.82, 2.24) is 24.5 Å². The van der Waals surface area contributed by atoms with Crippen molar-refractivity contribution in [3.63, 3.8) is 0 Å². The number of hydrogen-bond donors (Lipinski definition) is 1. The second kappa shape index (κ2) is 10.7. The van der Waals surface area contributed by atoms with Crippen LogP contribution >= 0.6 is 12.3 Å². The summed E-state index contributed by atoms with van der Waals surface area (Å²) >= 11 is 0.0655. The van der Waals surface area contributed by atoms with E-state index in [4.69, 9.17) is 4.74 Å². The summed E-state index contributed by atoms with van der Waals surface area (Å²) in [5.74, 6) is 0.730. The predicted molar refractivity (Wildman–Crippen MR) is 155 cm³/mol. The number of aliphatic imine (C=N–C) groups is 1. The summed E-state index contributed by atoms with van der Waals surface area (Å²) in [5.41, 5.74) is 8.24. The first-order valence-corrected chi connectivity index (χ1v) is 13.9. The van der Waals surface area contributed by atoms with Crippen LogP contribution in [0.1, 0.15) is 58.7 Å². The number of ether oxygens (including phenoxy) is 1. The SMILES string of the molecule is CC1=CC(c2c(C(C)C)c(-c3ccc(N4CCN(C(=O)OC(C)(C)C)CC4=O)cc3)nn2SF)=CN2NCN=C12. The number of aromatic nitrogens is 2. The number of anilines is 1. The Labute approximate surface area is 237 Å². The number of allylic oxidation sites excluding steroid dienone is 2. The zero-order valence-electron chi connectivity index (χ0n) is 23.6. The monoisotopic (exact) mass is 567 g/mol. The summed E-state index contributed by atoms with van der Waals surface area (Å²) in [5, 5.41) is 6.51. The maximum atomic E-state index is 14.2. The molecule has 0 unspecified atom stereocenters. The van der Waals surface area contributed by atoms with Gasteiger partial charge in [0.05, 0.1) is 11.4 Å². The Morgan fingerprint density at radius 1 is 1.18 bits per heavy atom. The summed E-state index contributed by atoms with van der Waals surface area (Å²) in [6, 6.07) is 7.53. The third-order valence-corrected chi connectivity index (χ3v) is 7.22. The van der Waals surface area contributed by atoms with Gasteiger partial charge in [-0.2, -0.15) is 9.19 Å². The minimum absolute atomic E-state index is 0.0456. The first-order chi connectivity index (χ1) is 19.0. The van der Waals surface area contributed by atoms with Gasteiger partial charge in [-0.25, -0.2) is 15.2 Å². The van der Waals surface area contributed by atoms with Gasteiger partial charge in [0.2, 0.25) is 5.91 Å². The van der Waals surface area contributed by atoms with E-state index in [-0.39, 0.29) is 30.7 Å². The summed E-state index contributed by atoms with van der Waals surface area (Å²) in [6.07, 6.45) is 3.44. The molecule has 0 atom stereocenters. The summed E-state index contributed by atoms with van der Waals surface area (Å²) in [6.45, 7) is 12.7. The molecule has 12 heteroatoms. The van der Waals surface area contributed by atoms with Crippen molar-refractivity contribution in [1.29, 1.82) is 0 Å². The van der Waals surface area contributed by atoms with E-state index in [1.54, 1.807) is 25.7 Å². The molecule has 1 N–H and O–H groups in total. The lowest BCUT2D eigenvalue weighted by atomic mass is 9.92. The molecule has 2 amide bonds. The molecule has 1 aromatic heterocycles. The van der Waals surface area contributed by atoms with Gasteiger partial charge in [-0.1, -0.05) is 26.0 Å². The van der Waals surface area contributed by atoms with Gasteiger partial charge in [0, 0.05) is 41.7 Å². The van der Waals surface area contributed by atoms with Crippen molar-refractivity contribution in [2.45, 2.75) is 53.1 Å². The van der Waals surface area contributed by atoms with Gasteiger partial charge >= 0.3 is 6.09 Å². The average molecular weight is 568 g/mol. The number of carbonyl (C=O) groups excluding carboxylic acids is 2. The van der Waals surface area contributed by atoms with Crippen LogP contribution in [0.3, 0.4) is 0 Å². The number of halogens is 1. The maximum absolute atomic E-state index is 14.2. The van der Waals surface area contributed by atoms with E-state index in [0.717, 1.165) is 33.8 Å². The molecule has 40 heavy (non-hydrogen) atoms. The van der Waals surface area contributed by atoms with Crippen molar-refractivity contribution in [2.24, 2.45) is 4.99 Å². The number of hydrogen-bond acceptors (Lipinski definition) is 8. The van der Waals surface area contributed by atoms with Gasteiger partial charge in [-0.05, 0) is 57.4 Å². The number of benzene rings is 1. The van der Waals surface area contributed by atoms with Gasteiger partial charge in [-0.3, -0.25) is 14.7 Å². The van der Waals surface area contributed by atoms with Crippen LogP contribution in [-0.4, -0.2) is 68.8 Å².